The minimum Gasteiger partial charge on any atom is -0.497 e. The van der Waals surface area contributed by atoms with E-state index in [0.29, 0.717) is 22.0 Å². The number of hydrogen-bond acceptors (Lipinski definition) is 3. The molecule has 120 valence electrons. The van der Waals surface area contributed by atoms with E-state index in [4.69, 9.17) is 16.3 Å². The highest BCUT2D eigenvalue weighted by molar-refractivity contribution is 6.30. The number of halogens is 1. The van der Waals surface area contributed by atoms with E-state index in [1.807, 2.05) is 0 Å². The lowest BCUT2D eigenvalue weighted by atomic mass is 10.2. The zero-order chi connectivity index (χ0) is 16.8. The molecule has 0 aliphatic heterocycles. The van der Waals surface area contributed by atoms with Crippen molar-refractivity contribution in [3.8, 4) is 5.75 Å². The third kappa shape index (κ3) is 4.72. The van der Waals surface area contributed by atoms with Crippen LogP contribution in [0.2, 0.25) is 5.02 Å². The molecule has 0 atom stereocenters. The molecule has 0 aliphatic carbocycles. The first kappa shape index (κ1) is 16.8. The third-order valence-electron chi connectivity index (χ3n) is 3.19. The Bertz CT molecular complexity index is 684. The summed E-state index contributed by atoms with van der Waals surface area (Å²) in [4.78, 5) is 25.6. The van der Waals surface area contributed by atoms with E-state index in [9.17, 15) is 9.59 Å². The highest BCUT2D eigenvalue weighted by Gasteiger charge is 2.15. The number of methoxy groups -OCH3 is 1. The zero-order valence-electron chi connectivity index (χ0n) is 12.9. The summed E-state index contributed by atoms with van der Waals surface area (Å²) >= 11 is 5.79. The van der Waals surface area contributed by atoms with Gasteiger partial charge in [-0.1, -0.05) is 11.6 Å². The van der Waals surface area contributed by atoms with Crippen molar-refractivity contribution >= 4 is 29.1 Å². The molecule has 0 saturated carbocycles. The van der Waals surface area contributed by atoms with Gasteiger partial charge in [-0.25, -0.2) is 0 Å². The summed E-state index contributed by atoms with van der Waals surface area (Å²) in [6.07, 6.45) is 0. The van der Waals surface area contributed by atoms with Crippen LogP contribution in [0.4, 0.5) is 5.69 Å². The Morgan fingerprint density at radius 3 is 2.26 bits per heavy atom. The number of nitrogens with one attached hydrogen (secondary N) is 1. The molecule has 0 saturated heterocycles. The largest absolute Gasteiger partial charge is 0.497 e. The van der Waals surface area contributed by atoms with Crippen molar-refractivity contribution in [3.63, 3.8) is 0 Å². The van der Waals surface area contributed by atoms with Crippen molar-refractivity contribution in [2.24, 2.45) is 0 Å². The number of carbonyl (C=O) groups excluding carboxylic acids is 2. The molecular weight excluding hydrogens is 316 g/mol. The van der Waals surface area contributed by atoms with Gasteiger partial charge in [0.2, 0.25) is 5.91 Å². The smallest absolute Gasteiger partial charge is 0.254 e. The molecule has 0 radical (unpaired) electrons. The number of anilines is 1. The molecule has 2 rings (SSSR count). The standard InChI is InChI=1S/C17H17ClN2O3/c1-20(17(22)12-3-5-13(18)6-4-12)11-16(21)19-14-7-9-15(23-2)10-8-14/h3-10H,11H2,1-2H3,(H,19,21). The van der Waals surface area contributed by atoms with Crippen LogP contribution in [0.25, 0.3) is 0 Å². The van der Waals surface area contributed by atoms with E-state index in [-0.39, 0.29) is 18.4 Å². The lowest BCUT2D eigenvalue weighted by Crippen LogP contribution is -2.34. The van der Waals surface area contributed by atoms with E-state index >= 15 is 0 Å². The van der Waals surface area contributed by atoms with Gasteiger partial charge in [0, 0.05) is 23.3 Å². The van der Waals surface area contributed by atoms with E-state index < -0.39 is 0 Å². The van der Waals surface area contributed by atoms with Gasteiger partial charge in [0.1, 0.15) is 5.75 Å². The number of rotatable bonds is 5. The molecule has 6 heteroatoms. The summed E-state index contributed by atoms with van der Waals surface area (Å²) in [5.74, 6) is 0.185. The van der Waals surface area contributed by atoms with E-state index in [1.54, 1.807) is 62.7 Å². The molecule has 2 aromatic rings. The molecular formula is C17H17ClN2O3. The molecule has 1 N–H and O–H groups in total. The van der Waals surface area contributed by atoms with Crippen LogP contribution in [0.1, 0.15) is 10.4 Å². The molecule has 0 aromatic heterocycles. The zero-order valence-corrected chi connectivity index (χ0v) is 13.6. The summed E-state index contributed by atoms with van der Waals surface area (Å²) in [5, 5.41) is 3.29. The van der Waals surface area contributed by atoms with Gasteiger partial charge in [0.15, 0.2) is 0 Å². The molecule has 23 heavy (non-hydrogen) atoms. The molecule has 0 heterocycles. The van der Waals surface area contributed by atoms with Gasteiger partial charge in [-0.2, -0.15) is 0 Å². The van der Waals surface area contributed by atoms with Crippen LogP contribution >= 0.6 is 11.6 Å². The van der Waals surface area contributed by atoms with Crippen molar-refractivity contribution in [3.05, 3.63) is 59.1 Å². The van der Waals surface area contributed by atoms with Crippen molar-refractivity contribution in [1.82, 2.24) is 4.90 Å². The van der Waals surface area contributed by atoms with Gasteiger partial charge in [-0.15, -0.1) is 0 Å². The van der Waals surface area contributed by atoms with Gasteiger partial charge >= 0.3 is 0 Å². The Hall–Kier alpha value is -2.53. The number of carbonyl (C=O) groups is 2. The molecule has 0 fully saturated rings. The molecule has 0 spiro atoms. The second-order valence-corrected chi connectivity index (χ2v) is 5.38. The van der Waals surface area contributed by atoms with E-state index in [1.165, 1.54) is 4.90 Å². The lowest BCUT2D eigenvalue weighted by molar-refractivity contribution is -0.116. The van der Waals surface area contributed by atoms with Crippen LogP contribution in [0.15, 0.2) is 48.5 Å². The van der Waals surface area contributed by atoms with E-state index in [2.05, 4.69) is 5.32 Å². The monoisotopic (exact) mass is 332 g/mol. The molecule has 2 aromatic carbocycles. The maximum atomic E-state index is 12.2. The Kier molecular flexibility index (Phi) is 5.60. The Morgan fingerprint density at radius 2 is 1.70 bits per heavy atom. The highest BCUT2D eigenvalue weighted by atomic mass is 35.5. The maximum Gasteiger partial charge on any atom is 0.254 e. The third-order valence-corrected chi connectivity index (χ3v) is 3.44. The normalized spacial score (nSPS) is 10.0. The van der Waals surface area contributed by atoms with Gasteiger partial charge < -0.3 is 15.0 Å². The fourth-order valence-corrected chi connectivity index (χ4v) is 2.10. The number of likely N-dealkylation sites (N-methyl/N-ethyl adjacent to an activating group) is 1. The quantitative estimate of drug-likeness (QED) is 0.915. The van der Waals surface area contributed by atoms with Gasteiger partial charge in [-0.3, -0.25) is 9.59 Å². The number of benzene rings is 2. The first-order valence-corrected chi connectivity index (χ1v) is 7.32. The fraction of sp³-hybridized carbons (Fsp3) is 0.176. The summed E-state index contributed by atoms with van der Waals surface area (Å²) in [5.41, 5.74) is 1.12. The maximum absolute atomic E-state index is 12.2. The van der Waals surface area contributed by atoms with Crippen molar-refractivity contribution in [2.45, 2.75) is 0 Å². The first-order chi connectivity index (χ1) is 11.0. The van der Waals surface area contributed by atoms with E-state index in [0.717, 1.165) is 0 Å². The Balaban J connectivity index is 1.93. The Labute approximate surface area is 139 Å². The van der Waals surface area contributed by atoms with Crippen LogP contribution in [-0.4, -0.2) is 37.4 Å². The second-order valence-electron chi connectivity index (χ2n) is 4.94. The average Bonchev–Trinajstić information content (AvgIpc) is 2.55. The number of ether oxygens (including phenoxy) is 1. The fourth-order valence-electron chi connectivity index (χ4n) is 1.97. The molecule has 5 nitrogen and oxygen atoms in total. The number of hydrogen-bond donors (Lipinski definition) is 1. The summed E-state index contributed by atoms with van der Waals surface area (Å²) in [6.45, 7) is -0.0481. The minimum absolute atomic E-state index is 0.0481. The van der Waals surface area contributed by atoms with Crippen LogP contribution < -0.4 is 10.1 Å². The lowest BCUT2D eigenvalue weighted by Gasteiger charge is -2.17. The summed E-state index contributed by atoms with van der Waals surface area (Å²) in [7, 11) is 3.15. The second kappa shape index (κ2) is 7.65. The SMILES string of the molecule is COc1ccc(NC(=O)CN(C)C(=O)c2ccc(Cl)cc2)cc1. The predicted octanol–water partition coefficient (Wildman–Crippen LogP) is 3.06. The average molecular weight is 333 g/mol. The molecule has 0 bridgehead atoms. The number of amides is 2. The molecule has 2 amide bonds. The van der Waals surface area contributed by atoms with Crippen LogP contribution in [0.3, 0.4) is 0 Å². The highest BCUT2D eigenvalue weighted by Crippen LogP contribution is 2.15. The number of nitrogens with zero attached hydrogens (tertiary/aromatic N) is 1. The molecule has 0 unspecified atom stereocenters. The van der Waals surface area contributed by atoms with Crippen molar-refractivity contribution < 1.29 is 14.3 Å². The predicted molar refractivity (Wildman–Crippen MR) is 90.0 cm³/mol. The van der Waals surface area contributed by atoms with Crippen LogP contribution in [0.5, 0.6) is 5.75 Å². The van der Waals surface area contributed by atoms with Crippen molar-refractivity contribution in [2.75, 3.05) is 26.0 Å². The Morgan fingerprint density at radius 1 is 1.09 bits per heavy atom. The van der Waals surface area contributed by atoms with Crippen molar-refractivity contribution in [1.29, 1.82) is 0 Å². The topological polar surface area (TPSA) is 58.6 Å². The van der Waals surface area contributed by atoms with Gasteiger partial charge in [0.05, 0.1) is 13.7 Å². The van der Waals surface area contributed by atoms with Crippen LogP contribution in [-0.2, 0) is 4.79 Å². The summed E-state index contributed by atoms with van der Waals surface area (Å²) in [6, 6.07) is 13.5. The van der Waals surface area contributed by atoms with Gasteiger partial charge in [0.25, 0.3) is 5.91 Å². The summed E-state index contributed by atoms with van der Waals surface area (Å²) < 4.78 is 5.05. The first-order valence-electron chi connectivity index (χ1n) is 6.94. The van der Waals surface area contributed by atoms with Crippen LogP contribution in [0, 0.1) is 0 Å². The van der Waals surface area contributed by atoms with Gasteiger partial charge in [-0.05, 0) is 48.5 Å². The minimum atomic E-state index is -0.278. The molecule has 0 aliphatic rings.